The standard InChI is InChI=1S/C22H26ClN5O3S/c23-15-3-5-16(6-4-15)26-9-11-27(12-10-26)22-24-18-7-13-32(31)20(18)21(25-22)28-8-1-2-17(28)14-19(29)30/h3-6,17H,1-2,7-14H2,(H,29,30)/t17-,32?/m0/s1. The Hall–Kier alpha value is -2.39. The van der Waals surface area contributed by atoms with Gasteiger partial charge in [-0.05, 0) is 37.1 Å². The van der Waals surface area contributed by atoms with E-state index in [1.54, 1.807) is 0 Å². The molecule has 0 spiro atoms. The first kappa shape index (κ1) is 21.5. The Balaban J connectivity index is 1.40. The molecule has 2 saturated heterocycles. The Bertz CT molecular complexity index is 1040. The number of piperazine rings is 1. The lowest BCUT2D eigenvalue weighted by atomic mass is 10.1. The molecule has 1 aromatic carbocycles. The molecule has 8 nitrogen and oxygen atoms in total. The molecule has 170 valence electrons. The van der Waals surface area contributed by atoms with E-state index in [0.29, 0.717) is 28.8 Å². The average Bonchev–Trinajstić information content (AvgIpc) is 3.40. The van der Waals surface area contributed by atoms with Gasteiger partial charge in [0.1, 0.15) is 4.90 Å². The topological polar surface area (TPSA) is 89.9 Å². The quantitative estimate of drug-likeness (QED) is 0.705. The molecule has 0 amide bonds. The summed E-state index contributed by atoms with van der Waals surface area (Å²) in [5, 5.41) is 10.1. The maximum atomic E-state index is 12.7. The molecule has 2 atom stereocenters. The van der Waals surface area contributed by atoms with Crippen molar-refractivity contribution in [1.29, 1.82) is 0 Å². The summed E-state index contributed by atoms with van der Waals surface area (Å²) in [4.78, 5) is 28.3. The molecule has 1 N–H and O–H groups in total. The second kappa shape index (κ2) is 8.86. The van der Waals surface area contributed by atoms with E-state index in [2.05, 4.69) is 14.7 Å². The molecule has 0 radical (unpaired) electrons. The summed E-state index contributed by atoms with van der Waals surface area (Å²) in [5.74, 6) is 1.09. The number of benzene rings is 1. The zero-order valence-electron chi connectivity index (χ0n) is 17.7. The lowest BCUT2D eigenvalue weighted by molar-refractivity contribution is -0.137. The fraction of sp³-hybridized carbons (Fsp3) is 0.500. The monoisotopic (exact) mass is 475 g/mol. The maximum absolute atomic E-state index is 12.7. The van der Waals surface area contributed by atoms with Gasteiger partial charge in [-0.2, -0.15) is 4.98 Å². The van der Waals surface area contributed by atoms with Crippen molar-refractivity contribution in [1.82, 2.24) is 9.97 Å². The highest BCUT2D eigenvalue weighted by Gasteiger charge is 2.35. The summed E-state index contributed by atoms with van der Waals surface area (Å²) < 4.78 is 12.7. The molecule has 4 heterocycles. The van der Waals surface area contributed by atoms with Crippen LogP contribution in [-0.2, 0) is 22.0 Å². The minimum atomic E-state index is -1.13. The van der Waals surface area contributed by atoms with Gasteiger partial charge in [0.25, 0.3) is 0 Å². The summed E-state index contributed by atoms with van der Waals surface area (Å²) >= 11 is 6.02. The number of hydrogen-bond donors (Lipinski definition) is 1. The van der Waals surface area contributed by atoms with Gasteiger partial charge in [0.2, 0.25) is 5.95 Å². The van der Waals surface area contributed by atoms with Crippen LogP contribution < -0.4 is 14.7 Å². The minimum Gasteiger partial charge on any atom is -0.481 e. The van der Waals surface area contributed by atoms with Crippen molar-refractivity contribution in [2.75, 3.05) is 53.2 Å². The number of halogens is 1. The van der Waals surface area contributed by atoms with E-state index in [4.69, 9.17) is 21.6 Å². The summed E-state index contributed by atoms with van der Waals surface area (Å²) in [5.41, 5.74) is 2.00. The Morgan fingerprint density at radius 3 is 2.53 bits per heavy atom. The number of anilines is 3. The fourth-order valence-electron chi connectivity index (χ4n) is 4.85. The number of hydrogen-bond acceptors (Lipinski definition) is 7. The van der Waals surface area contributed by atoms with Crippen LogP contribution >= 0.6 is 11.6 Å². The van der Waals surface area contributed by atoms with Crippen molar-refractivity contribution in [2.24, 2.45) is 0 Å². The van der Waals surface area contributed by atoms with Gasteiger partial charge in [-0.1, -0.05) is 11.6 Å². The van der Waals surface area contributed by atoms with Crippen LogP contribution in [-0.4, -0.2) is 69.8 Å². The second-order valence-corrected chi connectivity index (χ2v) is 10.4. The number of carboxylic acid groups (broad SMARTS) is 1. The fourth-order valence-corrected chi connectivity index (χ4v) is 6.33. The molecular formula is C22H26ClN5O3S. The highest BCUT2D eigenvalue weighted by molar-refractivity contribution is 7.85. The molecule has 0 aliphatic carbocycles. The van der Waals surface area contributed by atoms with Gasteiger partial charge in [0.15, 0.2) is 5.82 Å². The molecule has 5 rings (SSSR count). The van der Waals surface area contributed by atoms with E-state index < -0.39 is 16.8 Å². The molecular weight excluding hydrogens is 450 g/mol. The third-order valence-electron chi connectivity index (χ3n) is 6.47. The SMILES string of the molecule is O=C(O)C[C@@H]1CCCN1c1nc(N2CCN(c3ccc(Cl)cc3)CC2)nc2c1S(=O)CC2. The number of aromatic nitrogens is 2. The molecule has 1 aromatic heterocycles. The number of aryl methyl sites for hydroxylation is 1. The Morgan fingerprint density at radius 2 is 1.81 bits per heavy atom. The number of aliphatic carboxylic acids is 1. The smallest absolute Gasteiger partial charge is 0.305 e. The number of carboxylic acids is 1. The van der Waals surface area contributed by atoms with Gasteiger partial charge in [-0.15, -0.1) is 0 Å². The van der Waals surface area contributed by atoms with Crippen molar-refractivity contribution >= 4 is 45.8 Å². The summed E-state index contributed by atoms with van der Waals surface area (Å²) in [6.45, 7) is 3.98. The first-order chi connectivity index (χ1) is 15.5. The zero-order valence-corrected chi connectivity index (χ0v) is 19.3. The molecule has 1 unspecified atom stereocenters. The van der Waals surface area contributed by atoms with Crippen LogP contribution in [0.3, 0.4) is 0 Å². The van der Waals surface area contributed by atoms with E-state index >= 15 is 0 Å². The highest BCUT2D eigenvalue weighted by atomic mass is 35.5. The Kier molecular flexibility index (Phi) is 5.94. The number of fused-ring (bicyclic) bond motifs is 1. The predicted molar refractivity (Wildman–Crippen MR) is 126 cm³/mol. The van der Waals surface area contributed by atoms with E-state index in [1.807, 2.05) is 24.3 Å². The van der Waals surface area contributed by atoms with E-state index in [9.17, 15) is 14.1 Å². The van der Waals surface area contributed by atoms with Crippen LogP contribution in [0, 0.1) is 0 Å². The second-order valence-electron chi connectivity index (χ2n) is 8.46. The first-order valence-electron chi connectivity index (χ1n) is 11.0. The zero-order chi connectivity index (χ0) is 22.2. The van der Waals surface area contributed by atoms with E-state index in [-0.39, 0.29) is 12.5 Å². The van der Waals surface area contributed by atoms with Crippen molar-refractivity contribution in [2.45, 2.75) is 36.6 Å². The number of carbonyl (C=O) groups is 1. The number of rotatable bonds is 5. The predicted octanol–water partition coefficient (Wildman–Crippen LogP) is 2.56. The van der Waals surface area contributed by atoms with Crippen LogP contribution in [0.15, 0.2) is 29.2 Å². The van der Waals surface area contributed by atoms with Crippen LogP contribution in [0.2, 0.25) is 5.02 Å². The normalized spacial score (nSPS) is 23.0. The number of nitrogens with zero attached hydrogens (tertiary/aromatic N) is 5. The van der Waals surface area contributed by atoms with Crippen molar-refractivity contribution in [3.8, 4) is 0 Å². The van der Waals surface area contributed by atoms with Crippen molar-refractivity contribution in [3.05, 3.63) is 35.0 Å². The van der Waals surface area contributed by atoms with Gasteiger partial charge in [0, 0.05) is 61.6 Å². The molecule has 0 saturated carbocycles. The molecule has 0 bridgehead atoms. The van der Waals surface area contributed by atoms with Crippen molar-refractivity contribution < 1.29 is 14.1 Å². The summed E-state index contributed by atoms with van der Waals surface area (Å²) in [6, 6.07) is 7.77. The van der Waals surface area contributed by atoms with E-state index in [0.717, 1.165) is 62.0 Å². The van der Waals surface area contributed by atoms with Gasteiger partial charge < -0.3 is 19.8 Å². The molecule has 2 aromatic rings. The molecule has 10 heteroatoms. The molecule has 32 heavy (non-hydrogen) atoms. The van der Waals surface area contributed by atoms with Gasteiger partial charge in [-0.25, -0.2) is 4.98 Å². The Morgan fingerprint density at radius 1 is 1.09 bits per heavy atom. The largest absolute Gasteiger partial charge is 0.481 e. The summed E-state index contributed by atoms with van der Waals surface area (Å²) in [6.07, 6.45) is 2.47. The van der Waals surface area contributed by atoms with Crippen LogP contribution in [0.5, 0.6) is 0 Å². The summed E-state index contributed by atoms with van der Waals surface area (Å²) in [7, 11) is -1.13. The van der Waals surface area contributed by atoms with Gasteiger partial charge >= 0.3 is 5.97 Å². The maximum Gasteiger partial charge on any atom is 0.305 e. The molecule has 3 aliphatic heterocycles. The van der Waals surface area contributed by atoms with Crippen LogP contribution in [0.25, 0.3) is 0 Å². The highest BCUT2D eigenvalue weighted by Crippen LogP contribution is 2.36. The minimum absolute atomic E-state index is 0.0700. The lowest BCUT2D eigenvalue weighted by Crippen LogP contribution is -2.47. The van der Waals surface area contributed by atoms with Gasteiger partial charge in [0.05, 0.1) is 22.9 Å². The third-order valence-corrected chi connectivity index (χ3v) is 8.17. The van der Waals surface area contributed by atoms with Crippen LogP contribution in [0.4, 0.5) is 17.5 Å². The lowest BCUT2D eigenvalue weighted by Gasteiger charge is -2.36. The van der Waals surface area contributed by atoms with Crippen LogP contribution in [0.1, 0.15) is 25.0 Å². The Labute approximate surface area is 194 Å². The van der Waals surface area contributed by atoms with Gasteiger partial charge in [-0.3, -0.25) is 9.00 Å². The molecule has 2 fully saturated rings. The third kappa shape index (κ3) is 4.15. The van der Waals surface area contributed by atoms with E-state index in [1.165, 1.54) is 0 Å². The average molecular weight is 476 g/mol. The molecule has 3 aliphatic rings. The first-order valence-corrected chi connectivity index (χ1v) is 12.7. The van der Waals surface area contributed by atoms with Crippen molar-refractivity contribution in [3.63, 3.8) is 0 Å².